The van der Waals surface area contributed by atoms with Crippen LogP contribution in [-0.2, 0) is 10.2 Å². The molecule has 1 aliphatic rings. The number of hydrogen-bond acceptors (Lipinski definition) is 3. The molecule has 134 valence electrons. The van der Waals surface area contributed by atoms with Gasteiger partial charge in [0.25, 0.3) is 0 Å². The van der Waals surface area contributed by atoms with Gasteiger partial charge in [0, 0.05) is 24.2 Å². The van der Waals surface area contributed by atoms with E-state index in [1.54, 1.807) is 0 Å². The molecule has 2 atom stereocenters. The highest BCUT2D eigenvalue weighted by molar-refractivity contribution is 5.78. The van der Waals surface area contributed by atoms with Crippen molar-refractivity contribution in [2.45, 2.75) is 51.1 Å². The molecule has 1 aliphatic carbocycles. The first kappa shape index (κ1) is 17.7. The van der Waals surface area contributed by atoms with E-state index in [2.05, 4.69) is 53.8 Å². The monoisotopic (exact) mass is 340 g/mol. The van der Waals surface area contributed by atoms with Crippen LogP contribution in [0.15, 0.2) is 42.7 Å². The highest BCUT2D eigenvalue weighted by Gasteiger charge is 2.44. The number of nitrogens with one attached hydrogen (secondary N) is 2. The van der Waals surface area contributed by atoms with E-state index < -0.39 is 0 Å². The molecule has 0 aliphatic heterocycles. The van der Waals surface area contributed by atoms with Gasteiger partial charge in [0.1, 0.15) is 0 Å². The van der Waals surface area contributed by atoms with E-state index in [0.717, 1.165) is 24.9 Å². The highest BCUT2D eigenvalue weighted by atomic mass is 16.1. The Hall–Kier alpha value is -2.14. The van der Waals surface area contributed by atoms with Crippen molar-refractivity contribution < 1.29 is 4.79 Å². The Bertz CT molecular complexity index is 705. The maximum Gasteiger partial charge on any atom is 0.233 e. The molecule has 1 saturated carbocycles. The van der Waals surface area contributed by atoms with E-state index in [1.165, 1.54) is 5.56 Å². The third-order valence-electron chi connectivity index (χ3n) is 5.32. The number of aryl methyl sites for hydroxylation is 1. The Kier molecular flexibility index (Phi) is 5.23. The maximum atomic E-state index is 12.2. The number of carbonyl (C=O) groups is 1. The van der Waals surface area contributed by atoms with Crippen LogP contribution in [0.5, 0.6) is 0 Å². The molecule has 3 rings (SSSR count). The lowest BCUT2D eigenvalue weighted by molar-refractivity contribution is -0.120. The summed E-state index contributed by atoms with van der Waals surface area (Å²) in [5.41, 5.74) is 2.63. The lowest BCUT2D eigenvalue weighted by Gasteiger charge is -2.22. The van der Waals surface area contributed by atoms with Gasteiger partial charge in [0.15, 0.2) is 0 Å². The van der Waals surface area contributed by atoms with Crippen molar-refractivity contribution in [1.29, 1.82) is 0 Å². The Morgan fingerprint density at radius 1 is 1.28 bits per heavy atom. The van der Waals surface area contributed by atoms with Gasteiger partial charge in [-0.15, -0.1) is 0 Å². The molecule has 5 heteroatoms. The normalized spacial score (nSPS) is 17.7. The van der Waals surface area contributed by atoms with Gasteiger partial charge in [-0.2, -0.15) is 5.10 Å². The average Bonchev–Trinajstić information content (AvgIpc) is 3.31. The molecule has 1 aromatic heterocycles. The first-order valence-corrected chi connectivity index (χ1v) is 9.06. The molecule has 0 radical (unpaired) electrons. The van der Waals surface area contributed by atoms with Crippen molar-refractivity contribution in [3.05, 3.63) is 53.9 Å². The molecule has 2 N–H and O–H groups in total. The number of benzene rings is 1. The summed E-state index contributed by atoms with van der Waals surface area (Å²) in [7, 11) is 0. The van der Waals surface area contributed by atoms with Crippen molar-refractivity contribution in [1.82, 2.24) is 20.4 Å². The molecular weight excluding hydrogens is 312 g/mol. The predicted octanol–water partition coefficient (Wildman–Crippen LogP) is 2.58. The fourth-order valence-electron chi connectivity index (χ4n) is 3.15. The van der Waals surface area contributed by atoms with Crippen molar-refractivity contribution in [2.75, 3.05) is 13.1 Å². The summed E-state index contributed by atoms with van der Waals surface area (Å²) >= 11 is 0. The van der Waals surface area contributed by atoms with Crippen molar-refractivity contribution in [3.63, 3.8) is 0 Å². The molecule has 1 aromatic carbocycles. The van der Waals surface area contributed by atoms with Crippen molar-refractivity contribution in [3.8, 4) is 0 Å². The van der Waals surface area contributed by atoms with Crippen LogP contribution in [0.4, 0.5) is 0 Å². The quantitative estimate of drug-likeness (QED) is 0.776. The third kappa shape index (κ3) is 4.28. The van der Waals surface area contributed by atoms with Gasteiger partial charge in [-0.25, -0.2) is 0 Å². The Balaban J connectivity index is 1.44. The number of aromatic nitrogens is 2. The van der Waals surface area contributed by atoms with E-state index in [1.807, 2.05) is 30.1 Å². The second-order valence-corrected chi connectivity index (χ2v) is 7.33. The number of nitrogens with zero attached hydrogens (tertiary/aromatic N) is 2. The van der Waals surface area contributed by atoms with Crippen molar-refractivity contribution in [2.24, 2.45) is 0 Å². The summed E-state index contributed by atoms with van der Waals surface area (Å²) in [6.07, 6.45) is 6.18. The zero-order valence-corrected chi connectivity index (χ0v) is 15.3. The van der Waals surface area contributed by atoms with Crippen LogP contribution in [0, 0.1) is 6.92 Å². The number of rotatable bonds is 8. The first-order chi connectivity index (χ1) is 12.0. The van der Waals surface area contributed by atoms with Crippen LogP contribution in [0.25, 0.3) is 0 Å². The highest BCUT2D eigenvalue weighted by Crippen LogP contribution is 2.47. The molecule has 0 spiro atoms. The van der Waals surface area contributed by atoms with E-state index in [-0.39, 0.29) is 23.4 Å². The second kappa shape index (κ2) is 7.40. The summed E-state index contributed by atoms with van der Waals surface area (Å²) in [6.45, 7) is 7.27. The van der Waals surface area contributed by atoms with E-state index >= 15 is 0 Å². The first-order valence-electron chi connectivity index (χ1n) is 9.06. The van der Waals surface area contributed by atoms with Gasteiger partial charge in [-0.1, -0.05) is 30.3 Å². The number of carbonyl (C=O) groups excluding carboxylic acids is 1. The zero-order valence-electron chi connectivity index (χ0n) is 15.3. The molecule has 5 nitrogen and oxygen atoms in total. The molecule has 1 heterocycles. The molecule has 0 unspecified atom stereocenters. The minimum absolute atomic E-state index is 0.0536. The second-order valence-electron chi connectivity index (χ2n) is 7.33. The summed E-state index contributed by atoms with van der Waals surface area (Å²) in [4.78, 5) is 12.2. The molecule has 2 aromatic rings. The molecule has 0 saturated heterocycles. The number of amides is 1. The van der Waals surface area contributed by atoms with Gasteiger partial charge in [0.2, 0.25) is 5.91 Å². The summed E-state index contributed by atoms with van der Waals surface area (Å²) in [5, 5.41) is 10.8. The largest absolute Gasteiger partial charge is 0.354 e. The van der Waals surface area contributed by atoms with Gasteiger partial charge >= 0.3 is 0 Å². The minimum atomic E-state index is 0.0536. The average molecular weight is 340 g/mol. The summed E-state index contributed by atoms with van der Waals surface area (Å²) in [6, 6.07) is 10.8. The van der Waals surface area contributed by atoms with Crippen molar-refractivity contribution >= 4 is 5.91 Å². The van der Waals surface area contributed by atoms with Gasteiger partial charge < -0.3 is 10.6 Å². The fourth-order valence-corrected chi connectivity index (χ4v) is 3.15. The molecule has 0 bridgehead atoms. The van der Waals surface area contributed by atoms with E-state index in [4.69, 9.17) is 0 Å². The van der Waals surface area contributed by atoms with E-state index in [9.17, 15) is 4.79 Å². The Morgan fingerprint density at radius 2 is 2.00 bits per heavy atom. The topological polar surface area (TPSA) is 59.0 Å². The Morgan fingerprint density at radius 3 is 2.60 bits per heavy atom. The van der Waals surface area contributed by atoms with Crippen LogP contribution < -0.4 is 10.6 Å². The van der Waals surface area contributed by atoms with Gasteiger partial charge in [0.05, 0.1) is 18.8 Å². The SMILES string of the molecule is Cc1cnn([C@@H](C)[C@@H](C)NCC(=O)NCC2(c3ccccc3)CC2)c1. The van der Waals surface area contributed by atoms with Crippen LogP contribution >= 0.6 is 0 Å². The van der Waals surface area contributed by atoms with Crippen LogP contribution in [0.3, 0.4) is 0 Å². The minimum Gasteiger partial charge on any atom is -0.354 e. The molecular formula is C20H28N4O. The van der Waals surface area contributed by atoms with Gasteiger partial charge in [-0.05, 0) is 44.7 Å². The van der Waals surface area contributed by atoms with Crippen LogP contribution in [0.1, 0.15) is 43.9 Å². The lowest BCUT2D eigenvalue weighted by atomic mass is 9.96. The molecule has 1 fully saturated rings. The maximum absolute atomic E-state index is 12.2. The molecule has 25 heavy (non-hydrogen) atoms. The standard InChI is InChI=1S/C20H28N4O/c1-15-11-23-24(13-15)17(3)16(2)21-12-19(25)22-14-20(9-10-20)18-7-5-4-6-8-18/h4-8,11,13,16-17,21H,9-10,12,14H2,1-3H3,(H,22,25)/t16-,17+/m1/s1. The lowest BCUT2D eigenvalue weighted by Crippen LogP contribution is -2.43. The summed E-state index contributed by atoms with van der Waals surface area (Å²) < 4.78 is 1.94. The number of hydrogen-bond donors (Lipinski definition) is 2. The van der Waals surface area contributed by atoms with Crippen LogP contribution in [0.2, 0.25) is 0 Å². The fraction of sp³-hybridized carbons (Fsp3) is 0.500. The summed E-state index contributed by atoms with van der Waals surface area (Å²) in [5.74, 6) is 0.0536. The van der Waals surface area contributed by atoms with E-state index in [0.29, 0.717) is 6.54 Å². The predicted molar refractivity (Wildman–Crippen MR) is 99.5 cm³/mol. The van der Waals surface area contributed by atoms with Crippen LogP contribution in [-0.4, -0.2) is 34.8 Å². The molecule has 1 amide bonds. The third-order valence-corrected chi connectivity index (χ3v) is 5.32. The Labute approximate surface area is 149 Å². The van der Waals surface area contributed by atoms with Gasteiger partial charge in [-0.3, -0.25) is 9.48 Å². The zero-order chi connectivity index (χ0) is 17.9. The smallest absolute Gasteiger partial charge is 0.233 e.